The fourth-order valence-electron chi connectivity index (χ4n) is 3.91. The monoisotopic (exact) mass is 391 g/mol. The predicted octanol–water partition coefficient (Wildman–Crippen LogP) is 1.62. The summed E-state index contributed by atoms with van der Waals surface area (Å²) in [6.07, 6.45) is 2.35. The molecule has 7 nitrogen and oxygen atoms in total. The molecule has 2 fully saturated rings. The van der Waals surface area contributed by atoms with Gasteiger partial charge in [0.05, 0.1) is 12.2 Å². The highest BCUT2D eigenvalue weighted by Crippen LogP contribution is 2.23. The molecule has 1 N–H and O–H groups in total. The largest absolute Gasteiger partial charge is 0.480 e. The number of nitrogens with zero attached hydrogens (tertiary/aromatic N) is 3. The minimum atomic E-state index is -0.873. The summed E-state index contributed by atoms with van der Waals surface area (Å²) in [5.74, 6) is -1.58. The highest BCUT2D eigenvalue weighted by Gasteiger charge is 2.31. The number of halogens is 1. The van der Waals surface area contributed by atoms with Crippen LogP contribution in [0.25, 0.3) is 0 Å². The van der Waals surface area contributed by atoms with E-state index in [0.717, 1.165) is 12.8 Å². The van der Waals surface area contributed by atoms with Crippen molar-refractivity contribution in [3.63, 3.8) is 0 Å². The Kier molecular flexibility index (Phi) is 6.28. The SMILES string of the molecule is CC(=O)c1ccc(N2CCN(C(=O)CN3CCCCC3C(=O)O)CC2)c(F)c1. The van der Waals surface area contributed by atoms with Gasteiger partial charge in [-0.15, -0.1) is 0 Å². The van der Waals surface area contributed by atoms with Crippen LogP contribution in [-0.4, -0.2) is 77.9 Å². The number of rotatable bonds is 5. The van der Waals surface area contributed by atoms with Crippen molar-refractivity contribution in [1.82, 2.24) is 9.80 Å². The van der Waals surface area contributed by atoms with Gasteiger partial charge in [0.1, 0.15) is 11.9 Å². The summed E-state index contributed by atoms with van der Waals surface area (Å²) in [6.45, 7) is 4.02. The quantitative estimate of drug-likeness (QED) is 0.769. The molecule has 2 heterocycles. The maximum Gasteiger partial charge on any atom is 0.320 e. The Bertz CT molecular complexity index is 762. The number of anilines is 1. The van der Waals surface area contributed by atoms with E-state index in [1.54, 1.807) is 21.9 Å². The molecule has 1 aromatic carbocycles. The first kappa shape index (κ1) is 20.3. The topological polar surface area (TPSA) is 81.2 Å². The zero-order valence-corrected chi connectivity index (χ0v) is 16.1. The highest BCUT2D eigenvalue weighted by atomic mass is 19.1. The molecule has 0 spiro atoms. The van der Waals surface area contributed by atoms with Crippen LogP contribution in [0.1, 0.15) is 36.5 Å². The zero-order chi connectivity index (χ0) is 20.3. The Balaban J connectivity index is 1.57. The summed E-state index contributed by atoms with van der Waals surface area (Å²) in [6, 6.07) is 3.88. The third-order valence-electron chi connectivity index (χ3n) is 5.56. The second-order valence-electron chi connectivity index (χ2n) is 7.41. The molecular weight excluding hydrogens is 365 g/mol. The van der Waals surface area contributed by atoms with Crippen LogP contribution >= 0.6 is 0 Å². The molecule has 0 radical (unpaired) electrons. The highest BCUT2D eigenvalue weighted by molar-refractivity contribution is 5.94. The van der Waals surface area contributed by atoms with E-state index in [-0.39, 0.29) is 18.2 Å². The summed E-state index contributed by atoms with van der Waals surface area (Å²) in [5.41, 5.74) is 0.767. The third-order valence-corrected chi connectivity index (χ3v) is 5.56. The lowest BCUT2D eigenvalue weighted by atomic mass is 10.0. The van der Waals surface area contributed by atoms with Crippen LogP contribution in [0.3, 0.4) is 0 Å². The minimum absolute atomic E-state index is 0.0831. The molecule has 1 amide bonds. The van der Waals surface area contributed by atoms with Crippen molar-refractivity contribution in [2.24, 2.45) is 0 Å². The van der Waals surface area contributed by atoms with Gasteiger partial charge in [-0.3, -0.25) is 19.3 Å². The molecule has 0 bridgehead atoms. The van der Waals surface area contributed by atoms with Crippen molar-refractivity contribution in [1.29, 1.82) is 0 Å². The Morgan fingerprint density at radius 1 is 1.11 bits per heavy atom. The van der Waals surface area contributed by atoms with E-state index < -0.39 is 17.8 Å². The Hall–Kier alpha value is -2.48. The predicted molar refractivity (Wildman–Crippen MR) is 102 cm³/mol. The van der Waals surface area contributed by atoms with Crippen molar-refractivity contribution in [2.45, 2.75) is 32.2 Å². The van der Waals surface area contributed by atoms with Crippen LogP contribution in [0.2, 0.25) is 0 Å². The third kappa shape index (κ3) is 4.49. The molecule has 2 saturated heterocycles. The van der Waals surface area contributed by atoms with Crippen LogP contribution in [0.5, 0.6) is 0 Å². The van der Waals surface area contributed by atoms with Crippen LogP contribution in [0.4, 0.5) is 10.1 Å². The molecule has 1 aromatic rings. The number of aliphatic carboxylic acids is 1. The fourth-order valence-corrected chi connectivity index (χ4v) is 3.91. The van der Waals surface area contributed by atoms with Gasteiger partial charge in [-0.25, -0.2) is 4.39 Å². The number of hydrogen-bond acceptors (Lipinski definition) is 5. The number of carboxylic acid groups (broad SMARTS) is 1. The molecule has 28 heavy (non-hydrogen) atoms. The van der Waals surface area contributed by atoms with Crippen molar-refractivity contribution in [3.8, 4) is 0 Å². The van der Waals surface area contributed by atoms with E-state index in [1.165, 1.54) is 13.0 Å². The Labute approximate surface area is 163 Å². The molecule has 152 valence electrons. The first-order chi connectivity index (χ1) is 13.4. The van der Waals surface area contributed by atoms with Gasteiger partial charge in [0.15, 0.2) is 5.78 Å². The Morgan fingerprint density at radius 3 is 2.43 bits per heavy atom. The van der Waals surface area contributed by atoms with Gasteiger partial charge in [-0.1, -0.05) is 6.42 Å². The lowest BCUT2D eigenvalue weighted by Crippen LogP contribution is -2.54. The van der Waals surface area contributed by atoms with Crippen molar-refractivity contribution >= 4 is 23.3 Å². The number of likely N-dealkylation sites (tertiary alicyclic amines) is 1. The van der Waals surface area contributed by atoms with E-state index in [9.17, 15) is 23.9 Å². The normalized spacial score (nSPS) is 20.9. The van der Waals surface area contributed by atoms with Gasteiger partial charge in [-0.05, 0) is 44.5 Å². The fraction of sp³-hybridized carbons (Fsp3) is 0.550. The number of carboxylic acids is 1. The molecular formula is C20H26FN3O4. The average molecular weight is 391 g/mol. The summed E-state index contributed by atoms with van der Waals surface area (Å²) in [7, 11) is 0. The molecule has 2 aliphatic rings. The first-order valence-electron chi connectivity index (χ1n) is 9.67. The number of hydrogen-bond donors (Lipinski definition) is 1. The van der Waals surface area contributed by atoms with Crippen molar-refractivity contribution in [2.75, 3.05) is 44.2 Å². The number of carbonyl (C=O) groups is 3. The van der Waals surface area contributed by atoms with E-state index >= 15 is 0 Å². The lowest BCUT2D eigenvalue weighted by Gasteiger charge is -2.38. The van der Waals surface area contributed by atoms with Gasteiger partial charge >= 0.3 is 5.97 Å². The van der Waals surface area contributed by atoms with Crippen molar-refractivity contribution in [3.05, 3.63) is 29.6 Å². The van der Waals surface area contributed by atoms with Gasteiger partial charge in [0.25, 0.3) is 0 Å². The zero-order valence-electron chi connectivity index (χ0n) is 16.1. The maximum absolute atomic E-state index is 14.3. The van der Waals surface area contributed by atoms with Gasteiger partial charge in [0, 0.05) is 31.7 Å². The second-order valence-corrected chi connectivity index (χ2v) is 7.41. The number of Topliss-reactive ketones (excluding diaryl/α,β-unsaturated/α-hetero) is 1. The first-order valence-corrected chi connectivity index (χ1v) is 9.67. The van der Waals surface area contributed by atoms with Gasteiger partial charge in [0.2, 0.25) is 5.91 Å². The Morgan fingerprint density at radius 2 is 1.82 bits per heavy atom. The van der Waals surface area contributed by atoms with E-state index in [1.807, 2.05) is 4.90 Å². The van der Waals surface area contributed by atoms with Crippen LogP contribution in [0, 0.1) is 5.82 Å². The van der Waals surface area contributed by atoms with Gasteiger partial charge in [-0.2, -0.15) is 0 Å². The number of ketones is 1. The minimum Gasteiger partial charge on any atom is -0.480 e. The summed E-state index contributed by atoms with van der Waals surface area (Å²) < 4.78 is 14.3. The van der Waals surface area contributed by atoms with Gasteiger partial charge < -0.3 is 14.9 Å². The molecule has 0 aliphatic carbocycles. The molecule has 2 aliphatic heterocycles. The van der Waals surface area contributed by atoms with Crippen molar-refractivity contribution < 1.29 is 23.9 Å². The number of amides is 1. The number of carbonyl (C=O) groups excluding carboxylic acids is 2. The van der Waals surface area contributed by atoms with Crippen LogP contribution in [-0.2, 0) is 9.59 Å². The van der Waals surface area contributed by atoms with Crippen LogP contribution < -0.4 is 4.90 Å². The molecule has 0 saturated carbocycles. The molecule has 8 heteroatoms. The van der Waals surface area contributed by atoms with E-state index in [0.29, 0.717) is 50.4 Å². The maximum atomic E-state index is 14.3. The van der Waals surface area contributed by atoms with Crippen LogP contribution in [0.15, 0.2) is 18.2 Å². The summed E-state index contributed by atoms with van der Waals surface area (Å²) >= 11 is 0. The summed E-state index contributed by atoms with van der Waals surface area (Å²) in [5, 5.41) is 9.34. The molecule has 3 rings (SSSR count). The molecule has 1 unspecified atom stereocenters. The summed E-state index contributed by atoms with van der Waals surface area (Å²) in [4.78, 5) is 40.7. The van der Waals surface area contributed by atoms with E-state index in [4.69, 9.17) is 0 Å². The molecule has 0 aromatic heterocycles. The standard InChI is InChI=1S/C20H26FN3O4/c1-14(25)15-5-6-17(16(21)12-15)22-8-10-23(11-9-22)19(26)13-24-7-3-2-4-18(24)20(27)28/h5-6,12,18H,2-4,7-11,13H2,1H3,(H,27,28). The average Bonchev–Trinajstić information content (AvgIpc) is 2.68. The number of piperidine rings is 1. The second kappa shape index (κ2) is 8.68. The lowest BCUT2D eigenvalue weighted by molar-refractivity contribution is -0.146. The number of benzene rings is 1. The smallest absolute Gasteiger partial charge is 0.320 e. The number of piperazine rings is 1. The van der Waals surface area contributed by atoms with E-state index in [2.05, 4.69) is 0 Å². The molecule has 1 atom stereocenters.